The lowest BCUT2D eigenvalue weighted by Crippen LogP contribution is -2.35. The zero-order valence-electron chi connectivity index (χ0n) is 11.8. The summed E-state index contributed by atoms with van der Waals surface area (Å²) in [4.78, 5) is 0. The van der Waals surface area contributed by atoms with E-state index >= 15 is 0 Å². The maximum Gasteiger partial charge on any atom is 0.161 e. The summed E-state index contributed by atoms with van der Waals surface area (Å²) in [5.74, 6) is 1.46. The van der Waals surface area contributed by atoms with Gasteiger partial charge in [0, 0.05) is 13.7 Å². The van der Waals surface area contributed by atoms with Crippen molar-refractivity contribution in [3.8, 4) is 11.5 Å². The summed E-state index contributed by atoms with van der Waals surface area (Å²) in [5.41, 5.74) is 1.07. The van der Waals surface area contributed by atoms with Crippen LogP contribution in [0.15, 0.2) is 18.2 Å². The maximum atomic E-state index is 9.17. The SMILES string of the molecule is CCOc1cc(CNC(CO)COC)ccc1OC. The van der Waals surface area contributed by atoms with Gasteiger partial charge in [0.15, 0.2) is 11.5 Å². The Kier molecular flexibility index (Phi) is 7.25. The van der Waals surface area contributed by atoms with Gasteiger partial charge in [-0.2, -0.15) is 0 Å². The minimum absolute atomic E-state index is 0.0440. The number of nitrogens with one attached hydrogen (secondary N) is 1. The van der Waals surface area contributed by atoms with Crippen LogP contribution in [0.1, 0.15) is 12.5 Å². The number of benzene rings is 1. The molecule has 5 heteroatoms. The summed E-state index contributed by atoms with van der Waals surface area (Å²) in [6, 6.07) is 5.72. The van der Waals surface area contributed by atoms with Crippen molar-refractivity contribution in [2.75, 3.05) is 34.0 Å². The lowest BCUT2D eigenvalue weighted by molar-refractivity contribution is 0.128. The van der Waals surface area contributed by atoms with E-state index in [9.17, 15) is 0 Å². The second-order valence-electron chi connectivity index (χ2n) is 4.13. The third-order valence-corrected chi connectivity index (χ3v) is 2.71. The van der Waals surface area contributed by atoms with Crippen molar-refractivity contribution in [1.82, 2.24) is 5.32 Å². The Morgan fingerprint density at radius 2 is 2.05 bits per heavy atom. The topological polar surface area (TPSA) is 60.0 Å². The molecule has 1 unspecified atom stereocenters. The molecule has 0 spiro atoms. The van der Waals surface area contributed by atoms with Crippen molar-refractivity contribution in [3.05, 3.63) is 23.8 Å². The van der Waals surface area contributed by atoms with Crippen molar-refractivity contribution >= 4 is 0 Å². The molecule has 0 bridgehead atoms. The van der Waals surface area contributed by atoms with E-state index in [0.29, 0.717) is 19.8 Å². The molecule has 0 aliphatic rings. The summed E-state index contributed by atoms with van der Waals surface area (Å²) in [7, 11) is 3.24. The molecule has 19 heavy (non-hydrogen) atoms. The number of methoxy groups -OCH3 is 2. The molecule has 5 nitrogen and oxygen atoms in total. The van der Waals surface area contributed by atoms with E-state index in [1.54, 1.807) is 14.2 Å². The molecule has 0 saturated carbocycles. The summed E-state index contributed by atoms with van der Waals surface area (Å²) < 4.78 is 15.8. The fraction of sp³-hybridized carbons (Fsp3) is 0.571. The maximum absolute atomic E-state index is 9.17. The van der Waals surface area contributed by atoms with E-state index < -0.39 is 0 Å². The van der Waals surface area contributed by atoms with Crippen LogP contribution in [0.5, 0.6) is 11.5 Å². The van der Waals surface area contributed by atoms with E-state index in [-0.39, 0.29) is 12.6 Å². The van der Waals surface area contributed by atoms with Crippen LogP contribution in [0, 0.1) is 0 Å². The molecule has 0 aromatic heterocycles. The van der Waals surface area contributed by atoms with Gasteiger partial charge in [-0.3, -0.25) is 0 Å². The standard InChI is InChI=1S/C14H23NO4/c1-4-19-14-7-11(5-6-13(14)18-3)8-15-12(9-16)10-17-2/h5-7,12,15-16H,4,8-10H2,1-3H3. The van der Waals surface area contributed by atoms with Crippen LogP contribution in [-0.4, -0.2) is 45.2 Å². The average molecular weight is 269 g/mol. The van der Waals surface area contributed by atoms with Crippen molar-refractivity contribution in [1.29, 1.82) is 0 Å². The van der Waals surface area contributed by atoms with Gasteiger partial charge in [-0.25, -0.2) is 0 Å². The third-order valence-electron chi connectivity index (χ3n) is 2.71. The van der Waals surface area contributed by atoms with Gasteiger partial charge in [-0.1, -0.05) is 6.07 Å². The Morgan fingerprint density at radius 1 is 1.26 bits per heavy atom. The molecule has 0 fully saturated rings. The fourth-order valence-electron chi connectivity index (χ4n) is 1.74. The molecule has 0 amide bonds. The summed E-state index contributed by atoms with van der Waals surface area (Å²) in [6.07, 6.45) is 0. The van der Waals surface area contributed by atoms with Crippen LogP contribution in [0.2, 0.25) is 0 Å². The smallest absolute Gasteiger partial charge is 0.161 e. The highest BCUT2D eigenvalue weighted by Crippen LogP contribution is 2.27. The summed E-state index contributed by atoms with van der Waals surface area (Å²) in [5, 5.41) is 12.4. The second kappa shape index (κ2) is 8.74. The molecule has 1 atom stereocenters. The zero-order valence-corrected chi connectivity index (χ0v) is 11.8. The number of aliphatic hydroxyl groups is 1. The Hall–Kier alpha value is -1.30. The van der Waals surface area contributed by atoms with E-state index in [1.807, 2.05) is 25.1 Å². The third kappa shape index (κ3) is 5.06. The molecule has 0 saturated heterocycles. The predicted octanol–water partition coefficient (Wildman–Crippen LogP) is 1.19. The molecule has 0 radical (unpaired) electrons. The lowest BCUT2D eigenvalue weighted by atomic mass is 10.2. The minimum atomic E-state index is -0.0670. The first-order valence-electron chi connectivity index (χ1n) is 6.38. The Balaban J connectivity index is 2.65. The van der Waals surface area contributed by atoms with Gasteiger partial charge >= 0.3 is 0 Å². The highest BCUT2D eigenvalue weighted by Gasteiger charge is 2.08. The van der Waals surface area contributed by atoms with Gasteiger partial charge in [0.2, 0.25) is 0 Å². The van der Waals surface area contributed by atoms with Crippen molar-refractivity contribution < 1.29 is 19.3 Å². The molecular weight excluding hydrogens is 246 g/mol. The predicted molar refractivity (Wildman–Crippen MR) is 73.8 cm³/mol. The van der Waals surface area contributed by atoms with Crippen LogP contribution < -0.4 is 14.8 Å². The zero-order chi connectivity index (χ0) is 14.1. The first kappa shape index (κ1) is 15.8. The van der Waals surface area contributed by atoms with Gasteiger partial charge in [-0.05, 0) is 24.6 Å². The lowest BCUT2D eigenvalue weighted by Gasteiger charge is -2.16. The fourth-order valence-corrected chi connectivity index (χ4v) is 1.74. The molecule has 1 aromatic carbocycles. The van der Waals surface area contributed by atoms with E-state index in [0.717, 1.165) is 17.1 Å². The molecular formula is C14H23NO4. The highest BCUT2D eigenvalue weighted by molar-refractivity contribution is 5.42. The Morgan fingerprint density at radius 3 is 2.63 bits per heavy atom. The number of aliphatic hydroxyl groups excluding tert-OH is 1. The average Bonchev–Trinajstić information content (AvgIpc) is 2.44. The summed E-state index contributed by atoms with van der Waals surface area (Å²) >= 11 is 0. The number of hydrogen-bond donors (Lipinski definition) is 2. The summed E-state index contributed by atoms with van der Waals surface area (Å²) in [6.45, 7) is 3.69. The van der Waals surface area contributed by atoms with Gasteiger partial charge in [0.05, 0.1) is 33.0 Å². The van der Waals surface area contributed by atoms with Gasteiger partial charge in [0.1, 0.15) is 0 Å². The molecule has 0 aliphatic heterocycles. The first-order chi connectivity index (χ1) is 9.24. The normalized spacial score (nSPS) is 12.2. The van der Waals surface area contributed by atoms with Crippen molar-refractivity contribution in [3.63, 3.8) is 0 Å². The van der Waals surface area contributed by atoms with Crippen molar-refractivity contribution in [2.45, 2.75) is 19.5 Å². The largest absolute Gasteiger partial charge is 0.493 e. The first-order valence-corrected chi connectivity index (χ1v) is 6.38. The molecule has 1 aromatic rings. The Bertz CT molecular complexity index is 370. The van der Waals surface area contributed by atoms with Gasteiger partial charge < -0.3 is 24.6 Å². The van der Waals surface area contributed by atoms with Crippen LogP contribution in [-0.2, 0) is 11.3 Å². The monoisotopic (exact) mass is 269 g/mol. The van der Waals surface area contributed by atoms with Crippen LogP contribution in [0.3, 0.4) is 0 Å². The van der Waals surface area contributed by atoms with Crippen LogP contribution in [0.4, 0.5) is 0 Å². The number of ether oxygens (including phenoxy) is 3. The molecule has 108 valence electrons. The number of rotatable bonds is 9. The van der Waals surface area contributed by atoms with E-state index in [4.69, 9.17) is 19.3 Å². The Labute approximate surface area is 114 Å². The minimum Gasteiger partial charge on any atom is -0.493 e. The van der Waals surface area contributed by atoms with Gasteiger partial charge in [-0.15, -0.1) is 0 Å². The molecule has 0 aliphatic carbocycles. The quantitative estimate of drug-likeness (QED) is 0.705. The van der Waals surface area contributed by atoms with Crippen molar-refractivity contribution in [2.24, 2.45) is 0 Å². The van der Waals surface area contributed by atoms with Crippen LogP contribution in [0.25, 0.3) is 0 Å². The number of hydrogen-bond acceptors (Lipinski definition) is 5. The van der Waals surface area contributed by atoms with Gasteiger partial charge in [0.25, 0.3) is 0 Å². The second-order valence-corrected chi connectivity index (χ2v) is 4.13. The molecule has 1 rings (SSSR count). The molecule has 0 heterocycles. The van der Waals surface area contributed by atoms with E-state index in [1.165, 1.54) is 0 Å². The highest BCUT2D eigenvalue weighted by atomic mass is 16.5. The van der Waals surface area contributed by atoms with Crippen LogP contribution >= 0.6 is 0 Å². The molecule has 2 N–H and O–H groups in total. The van der Waals surface area contributed by atoms with E-state index in [2.05, 4.69) is 5.32 Å².